The average molecular weight is 548 g/mol. The molecule has 0 saturated carbocycles. The number of rotatable bonds is 7. The molecule has 0 atom stereocenters. The molecule has 1 N–H and O–H groups in total. The van der Waals surface area contributed by atoms with Gasteiger partial charge in [0.25, 0.3) is 0 Å². The van der Waals surface area contributed by atoms with Crippen LogP contribution in [0.25, 0.3) is 0 Å². The first-order valence-electron chi connectivity index (χ1n) is 8.95. The van der Waals surface area contributed by atoms with Crippen LogP contribution < -0.4 is 4.72 Å². The van der Waals surface area contributed by atoms with Crippen LogP contribution in [0.1, 0.15) is 16.7 Å². The zero-order chi connectivity index (χ0) is 23.4. The summed E-state index contributed by atoms with van der Waals surface area (Å²) in [5.41, 5.74) is -4.43. The highest BCUT2D eigenvalue weighted by Crippen LogP contribution is 2.30. The van der Waals surface area contributed by atoms with E-state index in [4.69, 9.17) is 16.4 Å². The average Bonchev–Trinajstić information content (AvgIpc) is 2.74. The Labute approximate surface area is 196 Å². The summed E-state index contributed by atoms with van der Waals surface area (Å²) >= 11 is 9.39. The molecule has 0 unspecified atom stereocenters. The molecule has 0 amide bonds. The first-order chi connectivity index (χ1) is 15.1. The minimum absolute atomic E-state index is 0.0207. The largest absolute Gasteiger partial charge is 0.516 e. The molecule has 0 aliphatic heterocycles. The summed E-state index contributed by atoms with van der Waals surface area (Å²) < 4.78 is 64.7. The van der Waals surface area contributed by atoms with Gasteiger partial charge >= 0.3 is 15.5 Å². The molecule has 0 saturated heterocycles. The summed E-state index contributed by atoms with van der Waals surface area (Å²) in [5.74, 6) is 0. The number of hydrogen-bond donors (Lipinski definition) is 1. The Morgan fingerprint density at radius 1 is 1.03 bits per heavy atom. The molecule has 5 nitrogen and oxygen atoms in total. The predicted octanol–water partition coefficient (Wildman–Crippen LogP) is 6.33. The van der Waals surface area contributed by atoms with Crippen molar-refractivity contribution in [3.63, 3.8) is 0 Å². The maximum atomic E-state index is 12.9. The number of benzene rings is 3. The van der Waals surface area contributed by atoms with Crippen molar-refractivity contribution in [3.05, 3.63) is 99.0 Å². The van der Waals surface area contributed by atoms with Crippen molar-refractivity contribution < 1.29 is 26.4 Å². The van der Waals surface area contributed by atoms with Crippen molar-refractivity contribution in [3.8, 4) is 0 Å². The Morgan fingerprint density at radius 2 is 1.69 bits per heavy atom. The van der Waals surface area contributed by atoms with Gasteiger partial charge in [0.2, 0.25) is 0 Å². The van der Waals surface area contributed by atoms with Crippen LogP contribution in [-0.4, -0.2) is 19.6 Å². The van der Waals surface area contributed by atoms with Gasteiger partial charge in [0.1, 0.15) is 12.3 Å². The zero-order valence-corrected chi connectivity index (χ0v) is 19.3. The second-order valence-electron chi connectivity index (χ2n) is 6.45. The molecule has 0 fully saturated rings. The Balaban J connectivity index is 2.03. The molecule has 0 aliphatic carbocycles. The minimum Gasteiger partial charge on any atom is -0.390 e. The molecule has 0 spiro atoms. The van der Waals surface area contributed by atoms with E-state index >= 15 is 0 Å². The van der Waals surface area contributed by atoms with Crippen LogP contribution in [0.15, 0.2) is 82.4 Å². The molecule has 0 radical (unpaired) electrons. The molecule has 3 aromatic rings. The van der Waals surface area contributed by atoms with E-state index in [1.54, 1.807) is 35.1 Å². The number of sulfonamides is 1. The number of hydrogen-bond acceptors (Lipinski definition) is 4. The van der Waals surface area contributed by atoms with Crippen molar-refractivity contribution >= 4 is 49.0 Å². The molecule has 3 aromatic carbocycles. The van der Waals surface area contributed by atoms with E-state index in [1.807, 2.05) is 24.3 Å². The van der Waals surface area contributed by atoms with Crippen molar-refractivity contribution in [2.24, 2.45) is 5.16 Å². The second-order valence-corrected chi connectivity index (χ2v) is 9.47. The summed E-state index contributed by atoms with van der Waals surface area (Å²) in [6.07, 6.45) is 0. The monoisotopic (exact) mass is 546 g/mol. The normalized spacial score (nSPS) is 12.5. The molecule has 0 heterocycles. The van der Waals surface area contributed by atoms with Crippen molar-refractivity contribution in [1.29, 1.82) is 0 Å². The van der Waals surface area contributed by atoms with E-state index in [9.17, 15) is 21.6 Å². The Bertz CT molecular complexity index is 1220. The van der Waals surface area contributed by atoms with Crippen LogP contribution in [-0.2, 0) is 21.5 Å². The van der Waals surface area contributed by atoms with E-state index in [1.165, 1.54) is 12.1 Å². The smallest absolute Gasteiger partial charge is 0.390 e. The first-order valence-corrected chi connectivity index (χ1v) is 11.6. The quantitative estimate of drug-likeness (QED) is 0.278. The second kappa shape index (κ2) is 9.93. The molecule has 0 aromatic heterocycles. The van der Waals surface area contributed by atoms with E-state index in [-0.39, 0.29) is 28.6 Å². The predicted molar refractivity (Wildman–Crippen MR) is 121 cm³/mol. The molecule has 3 rings (SSSR count). The number of anilines is 1. The van der Waals surface area contributed by atoms with Gasteiger partial charge < -0.3 is 4.84 Å². The third-order valence-electron chi connectivity index (χ3n) is 4.13. The lowest BCUT2D eigenvalue weighted by atomic mass is 10.0. The molecular weight excluding hydrogens is 533 g/mol. The van der Waals surface area contributed by atoms with Gasteiger partial charge in [-0.2, -0.15) is 21.6 Å². The fraction of sp³-hybridized carbons (Fsp3) is 0.0952. The SMILES string of the molecule is O=S(=O)(Nc1ccc(Cl)cc1/C(=N/OCc1ccc(Br)cc1)c1ccccc1)C(F)(F)F. The lowest BCUT2D eigenvalue weighted by molar-refractivity contribution is -0.0429. The van der Waals surface area contributed by atoms with Gasteiger partial charge in [0.15, 0.2) is 0 Å². The number of nitrogens with one attached hydrogen (secondary N) is 1. The summed E-state index contributed by atoms with van der Waals surface area (Å²) in [6.45, 7) is 0.0772. The van der Waals surface area contributed by atoms with Gasteiger partial charge in [-0.3, -0.25) is 4.72 Å². The number of alkyl halides is 3. The highest BCUT2D eigenvalue weighted by Gasteiger charge is 2.46. The molecule has 32 heavy (non-hydrogen) atoms. The Hall–Kier alpha value is -2.56. The maximum absolute atomic E-state index is 12.9. The minimum atomic E-state index is -5.66. The zero-order valence-electron chi connectivity index (χ0n) is 16.1. The molecule has 0 aliphatic rings. The lowest BCUT2D eigenvalue weighted by Gasteiger charge is -2.16. The standard InChI is InChI=1S/C21H15BrClF3N2O3S/c22-16-8-6-14(7-9-16)13-31-27-20(15-4-2-1-3-5-15)18-12-17(23)10-11-19(18)28-32(29,30)21(24,25)26/h1-12,28H,13H2/b27-20+. The highest BCUT2D eigenvalue weighted by molar-refractivity contribution is 9.10. The Morgan fingerprint density at radius 3 is 2.31 bits per heavy atom. The summed E-state index contributed by atoms with van der Waals surface area (Å²) in [6, 6.07) is 19.4. The Kier molecular flexibility index (Phi) is 7.47. The van der Waals surface area contributed by atoms with Gasteiger partial charge in [-0.05, 0) is 35.9 Å². The number of nitrogens with zero attached hydrogens (tertiary/aromatic N) is 1. The fourth-order valence-electron chi connectivity index (χ4n) is 2.61. The van der Waals surface area contributed by atoms with Crippen LogP contribution in [0.2, 0.25) is 5.02 Å². The molecular formula is C21H15BrClF3N2O3S. The van der Waals surface area contributed by atoms with E-state index in [0.717, 1.165) is 16.1 Å². The first kappa shape index (κ1) is 24.1. The molecule has 0 bridgehead atoms. The van der Waals surface area contributed by atoms with Gasteiger partial charge in [-0.1, -0.05) is 75.2 Å². The lowest BCUT2D eigenvalue weighted by Crippen LogP contribution is -2.30. The van der Waals surface area contributed by atoms with Gasteiger partial charge in [-0.25, -0.2) is 0 Å². The van der Waals surface area contributed by atoms with Crippen LogP contribution >= 0.6 is 27.5 Å². The van der Waals surface area contributed by atoms with E-state index in [2.05, 4.69) is 21.1 Å². The molecule has 11 heteroatoms. The van der Waals surface area contributed by atoms with Crippen molar-refractivity contribution in [2.45, 2.75) is 12.1 Å². The summed E-state index contributed by atoms with van der Waals surface area (Å²) in [5, 5.41) is 4.28. The van der Waals surface area contributed by atoms with Crippen LogP contribution in [0, 0.1) is 0 Å². The van der Waals surface area contributed by atoms with Gasteiger partial charge in [-0.15, -0.1) is 0 Å². The van der Waals surface area contributed by atoms with E-state index < -0.39 is 15.5 Å². The fourth-order valence-corrected chi connectivity index (χ4v) is 3.63. The maximum Gasteiger partial charge on any atom is 0.516 e. The topological polar surface area (TPSA) is 67.8 Å². The summed E-state index contributed by atoms with van der Waals surface area (Å²) in [4.78, 5) is 5.45. The third-order valence-corrected chi connectivity index (χ3v) is 6.00. The van der Waals surface area contributed by atoms with Gasteiger partial charge in [0.05, 0.1) is 5.69 Å². The highest BCUT2D eigenvalue weighted by atomic mass is 79.9. The van der Waals surface area contributed by atoms with Crippen LogP contribution in [0.4, 0.5) is 18.9 Å². The number of oxime groups is 1. The van der Waals surface area contributed by atoms with Crippen molar-refractivity contribution in [2.75, 3.05) is 4.72 Å². The molecule has 168 valence electrons. The van der Waals surface area contributed by atoms with Gasteiger partial charge in [0, 0.05) is 20.6 Å². The number of halogens is 5. The van der Waals surface area contributed by atoms with Crippen molar-refractivity contribution in [1.82, 2.24) is 0 Å². The van der Waals surface area contributed by atoms with Crippen LogP contribution in [0.3, 0.4) is 0 Å². The third kappa shape index (κ3) is 6.02. The van der Waals surface area contributed by atoms with Crippen LogP contribution in [0.5, 0.6) is 0 Å². The van der Waals surface area contributed by atoms with E-state index in [0.29, 0.717) is 5.56 Å². The summed E-state index contributed by atoms with van der Waals surface area (Å²) in [7, 11) is -5.66.